The van der Waals surface area contributed by atoms with Crippen LogP contribution in [0.5, 0.6) is 0 Å². The molecule has 1 aliphatic heterocycles. The number of hydrogen-bond acceptors (Lipinski definition) is 3. The van der Waals surface area contributed by atoms with Crippen molar-refractivity contribution < 1.29 is 18.3 Å². The zero-order valence-electron chi connectivity index (χ0n) is 8.72. The first-order valence-corrected chi connectivity index (χ1v) is 5.03. The monoisotopic (exact) mass is 226 g/mol. The fraction of sp³-hybridized carbons (Fsp3) is 1.00. The van der Waals surface area contributed by atoms with Crippen LogP contribution in [0.1, 0.15) is 6.42 Å². The van der Waals surface area contributed by atoms with Crippen molar-refractivity contribution in [1.82, 2.24) is 10.2 Å². The first kappa shape index (κ1) is 12.7. The molecule has 0 aromatic heterocycles. The summed E-state index contributed by atoms with van der Waals surface area (Å²) in [7, 11) is 1.79. The molecule has 1 aliphatic rings. The molecule has 0 bridgehead atoms. The average Bonchev–Trinajstić information content (AvgIpc) is 2.52. The van der Waals surface area contributed by atoms with E-state index in [-0.39, 0.29) is 25.6 Å². The van der Waals surface area contributed by atoms with Gasteiger partial charge in [0.1, 0.15) is 0 Å². The van der Waals surface area contributed by atoms with Crippen molar-refractivity contribution >= 4 is 0 Å². The van der Waals surface area contributed by atoms with Crippen molar-refractivity contribution in [3.05, 3.63) is 0 Å². The molecule has 90 valence electrons. The van der Waals surface area contributed by atoms with Gasteiger partial charge in [-0.05, 0) is 13.5 Å². The van der Waals surface area contributed by atoms with Crippen LogP contribution in [0.15, 0.2) is 0 Å². The fourth-order valence-corrected chi connectivity index (χ4v) is 1.85. The Kier molecular flexibility index (Phi) is 4.36. The largest absolute Gasteiger partial charge is 0.395 e. The van der Waals surface area contributed by atoms with Crippen LogP contribution in [0, 0.1) is 5.92 Å². The zero-order valence-corrected chi connectivity index (χ0v) is 8.72. The number of nitrogens with zero attached hydrogens (tertiary/aromatic N) is 1. The molecule has 0 saturated carbocycles. The van der Waals surface area contributed by atoms with Crippen molar-refractivity contribution in [2.45, 2.75) is 18.6 Å². The van der Waals surface area contributed by atoms with Crippen LogP contribution < -0.4 is 5.32 Å². The molecule has 0 spiro atoms. The highest BCUT2D eigenvalue weighted by Gasteiger charge is 2.43. The third-order valence-electron chi connectivity index (χ3n) is 2.70. The van der Waals surface area contributed by atoms with E-state index >= 15 is 0 Å². The van der Waals surface area contributed by atoms with E-state index in [0.29, 0.717) is 13.1 Å². The number of halogens is 3. The molecule has 1 saturated heterocycles. The van der Waals surface area contributed by atoms with Gasteiger partial charge in [-0.3, -0.25) is 0 Å². The van der Waals surface area contributed by atoms with Gasteiger partial charge in [0, 0.05) is 25.7 Å². The minimum Gasteiger partial charge on any atom is -0.395 e. The summed E-state index contributed by atoms with van der Waals surface area (Å²) in [5, 5.41) is 11.5. The Morgan fingerprint density at radius 3 is 2.60 bits per heavy atom. The van der Waals surface area contributed by atoms with E-state index in [0.717, 1.165) is 0 Å². The summed E-state index contributed by atoms with van der Waals surface area (Å²) < 4.78 is 37.0. The number of hydrogen-bond donors (Lipinski definition) is 2. The van der Waals surface area contributed by atoms with E-state index in [1.807, 2.05) is 4.90 Å². The van der Waals surface area contributed by atoms with E-state index in [4.69, 9.17) is 5.11 Å². The molecule has 2 unspecified atom stereocenters. The predicted octanol–water partition coefficient (Wildman–Crippen LogP) is 0.451. The van der Waals surface area contributed by atoms with E-state index in [9.17, 15) is 13.2 Å². The zero-order chi connectivity index (χ0) is 11.5. The third-order valence-corrected chi connectivity index (χ3v) is 2.70. The Hall–Kier alpha value is -0.330. The van der Waals surface area contributed by atoms with Crippen molar-refractivity contribution in [2.75, 3.05) is 33.3 Å². The van der Waals surface area contributed by atoms with E-state index in [2.05, 4.69) is 5.32 Å². The Balaban J connectivity index is 2.30. The van der Waals surface area contributed by atoms with Gasteiger partial charge in [-0.15, -0.1) is 0 Å². The summed E-state index contributed by atoms with van der Waals surface area (Å²) in [6.07, 6.45) is -3.95. The predicted molar refractivity (Wildman–Crippen MR) is 50.5 cm³/mol. The standard InChI is InChI=1S/C9H17F3N2O/c1-14(2-3-15)6-8-4-7(5-13-8)9(10,11)12/h7-8,13,15H,2-6H2,1H3. The number of nitrogens with one attached hydrogen (secondary N) is 1. The molecule has 0 aromatic carbocycles. The van der Waals surface area contributed by atoms with Gasteiger partial charge in [0.05, 0.1) is 12.5 Å². The summed E-state index contributed by atoms with van der Waals surface area (Å²) in [6.45, 7) is 1.09. The van der Waals surface area contributed by atoms with Gasteiger partial charge < -0.3 is 15.3 Å². The topological polar surface area (TPSA) is 35.5 Å². The van der Waals surface area contributed by atoms with Gasteiger partial charge in [0.25, 0.3) is 0 Å². The lowest BCUT2D eigenvalue weighted by molar-refractivity contribution is -0.169. The van der Waals surface area contributed by atoms with E-state index < -0.39 is 12.1 Å². The first-order valence-electron chi connectivity index (χ1n) is 5.03. The molecule has 3 nitrogen and oxygen atoms in total. The normalized spacial score (nSPS) is 27.6. The number of alkyl halides is 3. The van der Waals surface area contributed by atoms with Crippen LogP contribution in [-0.2, 0) is 0 Å². The van der Waals surface area contributed by atoms with Gasteiger partial charge in [0.2, 0.25) is 0 Å². The van der Waals surface area contributed by atoms with Crippen molar-refractivity contribution in [2.24, 2.45) is 5.92 Å². The maximum Gasteiger partial charge on any atom is 0.393 e. The van der Waals surface area contributed by atoms with E-state index in [1.165, 1.54) is 0 Å². The molecule has 15 heavy (non-hydrogen) atoms. The maximum absolute atomic E-state index is 12.3. The highest BCUT2D eigenvalue weighted by atomic mass is 19.4. The van der Waals surface area contributed by atoms with Crippen LogP contribution in [0.25, 0.3) is 0 Å². The van der Waals surface area contributed by atoms with Crippen LogP contribution in [0.3, 0.4) is 0 Å². The Morgan fingerprint density at radius 2 is 2.13 bits per heavy atom. The fourth-order valence-electron chi connectivity index (χ4n) is 1.85. The molecule has 0 radical (unpaired) electrons. The summed E-state index contributed by atoms with van der Waals surface area (Å²) in [5.41, 5.74) is 0. The minimum atomic E-state index is -4.09. The lowest BCUT2D eigenvalue weighted by atomic mass is 10.1. The van der Waals surface area contributed by atoms with Gasteiger partial charge in [0.15, 0.2) is 0 Å². The van der Waals surface area contributed by atoms with Crippen molar-refractivity contribution in [3.63, 3.8) is 0 Å². The minimum absolute atomic E-state index is 0.0150. The van der Waals surface area contributed by atoms with E-state index in [1.54, 1.807) is 7.05 Å². The van der Waals surface area contributed by atoms with Gasteiger partial charge in [-0.25, -0.2) is 0 Å². The van der Waals surface area contributed by atoms with Crippen LogP contribution in [0.2, 0.25) is 0 Å². The second kappa shape index (κ2) is 5.14. The lowest BCUT2D eigenvalue weighted by Crippen LogP contribution is -2.36. The summed E-state index contributed by atoms with van der Waals surface area (Å²) in [4.78, 5) is 1.83. The third kappa shape index (κ3) is 3.96. The number of aliphatic hydroxyl groups excluding tert-OH is 1. The molecule has 2 N–H and O–H groups in total. The number of aliphatic hydroxyl groups is 1. The maximum atomic E-state index is 12.3. The average molecular weight is 226 g/mol. The van der Waals surface area contributed by atoms with Crippen LogP contribution >= 0.6 is 0 Å². The highest BCUT2D eigenvalue weighted by Crippen LogP contribution is 2.32. The van der Waals surface area contributed by atoms with Crippen molar-refractivity contribution in [3.8, 4) is 0 Å². The van der Waals surface area contributed by atoms with Crippen LogP contribution in [0.4, 0.5) is 13.2 Å². The van der Waals surface area contributed by atoms with Gasteiger partial charge in [-0.2, -0.15) is 13.2 Å². The molecule has 0 aromatic rings. The van der Waals surface area contributed by atoms with Crippen LogP contribution in [-0.4, -0.2) is 55.5 Å². The molecule has 2 atom stereocenters. The van der Waals surface area contributed by atoms with Gasteiger partial charge >= 0.3 is 6.18 Å². The summed E-state index contributed by atoms with van der Waals surface area (Å²) in [5.74, 6) is -1.22. The van der Waals surface area contributed by atoms with Crippen molar-refractivity contribution in [1.29, 1.82) is 0 Å². The highest BCUT2D eigenvalue weighted by molar-refractivity contribution is 4.86. The number of likely N-dealkylation sites (N-methyl/N-ethyl adjacent to an activating group) is 1. The second-order valence-electron chi connectivity index (χ2n) is 4.07. The quantitative estimate of drug-likeness (QED) is 0.730. The number of rotatable bonds is 4. The molecular weight excluding hydrogens is 209 g/mol. The Bertz CT molecular complexity index is 198. The summed E-state index contributed by atoms with van der Waals surface area (Å²) >= 11 is 0. The molecule has 6 heteroatoms. The molecule has 1 fully saturated rings. The SMILES string of the molecule is CN(CCO)CC1CC(C(F)(F)F)CN1. The summed E-state index contributed by atoms with van der Waals surface area (Å²) in [6, 6.07) is -0.117. The second-order valence-corrected chi connectivity index (χ2v) is 4.07. The Labute approximate surface area is 87.3 Å². The van der Waals surface area contributed by atoms with Gasteiger partial charge in [-0.1, -0.05) is 0 Å². The Morgan fingerprint density at radius 1 is 1.47 bits per heavy atom. The molecule has 0 aliphatic carbocycles. The molecule has 0 amide bonds. The molecule has 1 heterocycles. The molecular formula is C9H17F3N2O. The smallest absolute Gasteiger partial charge is 0.393 e. The lowest BCUT2D eigenvalue weighted by Gasteiger charge is -2.20. The molecule has 1 rings (SSSR count). The first-order chi connectivity index (χ1) is 6.93.